The molecule has 67 valence electrons. The summed E-state index contributed by atoms with van der Waals surface area (Å²) in [6.07, 6.45) is -2.88. The molecule has 0 spiro atoms. The Labute approximate surface area is 92.8 Å². The Balaban J connectivity index is 4.35. The maximum Gasteiger partial charge on any atom is 0.419 e. The van der Waals surface area contributed by atoms with Crippen molar-refractivity contribution in [2.24, 2.45) is 0 Å². The Morgan fingerprint density at radius 3 is 1.55 bits per heavy atom. The summed E-state index contributed by atoms with van der Waals surface area (Å²) in [5.41, 5.74) is 0. The summed E-state index contributed by atoms with van der Waals surface area (Å²) in [7, 11) is -1.69. The van der Waals surface area contributed by atoms with Crippen LogP contribution in [-0.4, -0.2) is 24.0 Å². The third kappa shape index (κ3) is 4.57. The second-order valence-electron chi connectivity index (χ2n) is 2.17. The molecule has 0 bridgehead atoms. The van der Waals surface area contributed by atoms with E-state index in [0.717, 1.165) is 0 Å². The zero-order valence-corrected chi connectivity index (χ0v) is 11.7. The smallest absolute Gasteiger partial charge is 0.282 e. The van der Waals surface area contributed by atoms with Gasteiger partial charge in [-0.25, -0.2) is 0 Å². The van der Waals surface area contributed by atoms with Gasteiger partial charge in [0.05, 0.1) is 0 Å². The average Bonchev–Trinajstić information content (AvgIpc) is 1.54. The number of rotatable bonds is 3. The molecule has 0 heterocycles. The van der Waals surface area contributed by atoms with Gasteiger partial charge in [-0.2, -0.15) is 0 Å². The maximum absolute atomic E-state index is 5.74. The molecule has 1 radical (unpaired) electrons. The second kappa shape index (κ2) is 4.91. The Morgan fingerprint density at radius 1 is 1.18 bits per heavy atom. The predicted octanol–water partition coefficient (Wildman–Crippen LogP) is 3.31. The summed E-state index contributed by atoms with van der Waals surface area (Å²) >= 11 is 28.6. The molecular weight excluding hydrogens is 283 g/mol. The lowest BCUT2D eigenvalue weighted by Crippen LogP contribution is -2.49. The molecule has 0 aliphatic rings. The Morgan fingerprint density at radius 2 is 1.55 bits per heavy atom. The van der Waals surface area contributed by atoms with Gasteiger partial charge in [-0.1, -0.05) is 13.8 Å². The highest BCUT2D eigenvalue weighted by Crippen LogP contribution is 2.29. The summed E-state index contributed by atoms with van der Waals surface area (Å²) in [6.45, 7) is 3.79. The van der Waals surface area contributed by atoms with Crippen molar-refractivity contribution in [3.05, 3.63) is 0 Å². The molecule has 1 nitrogen and oxygen atoms in total. The number of hydrogen-bond acceptors (Lipinski definition) is 1. The highest BCUT2D eigenvalue weighted by atomic mass is 35.8. The fourth-order valence-electron chi connectivity index (χ4n) is 0.584. The summed E-state index contributed by atoms with van der Waals surface area (Å²) in [5, 5.41) is 0. The van der Waals surface area contributed by atoms with Crippen LogP contribution in [0.15, 0.2) is 0 Å². The largest absolute Gasteiger partial charge is 0.419 e. The first-order chi connectivity index (χ1) is 4.76. The summed E-state index contributed by atoms with van der Waals surface area (Å²) in [6, 6.07) is 0.0815. The molecule has 0 saturated heterocycles. The van der Waals surface area contributed by atoms with Gasteiger partial charge in [-0.05, 0) is 6.04 Å². The van der Waals surface area contributed by atoms with E-state index in [-0.39, 0.29) is 6.04 Å². The van der Waals surface area contributed by atoms with Crippen LogP contribution < -0.4 is 0 Å². The van der Waals surface area contributed by atoms with E-state index in [0.29, 0.717) is 0 Å². The third-order valence-electron chi connectivity index (χ3n) is 0.972. The van der Waals surface area contributed by atoms with Crippen molar-refractivity contribution in [1.82, 2.24) is 4.23 Å². The van der Waals surface area contributed by atoms with Crippen molar-refractivity contribution in [3.63, 3.8) is 0 Å². The van der Waals surface area contributed by atoms with Crippen LogP contribution >= 0.6 is 55.4 Å². The van der Waals surface area contributed by atoms with Gasteiger partial charge in [0.1, 0.15) is 0 Å². The monoisotopic (exact) mass is 288 g/mol. The predicted molar refractivity (Wildman–Crippen MR) is 57.7 cm³/mol. The molecule has 0 unspecified atom stereocenters. The highest BCUT2D eigenvalue weighted by molar-refractivity contribution is 7.66. The Hall–Kier alpha value is 1.84. The van der Waals surface area contributed by atoms with Gasteiger partial charge in [0.15, 0.2) is 0 Å². The zero-order chi connectivity index (χ0) is 9.23. The molecule has 0 atom stereocenters. The minimum absolute atomic E-state index is 0.0815. The summed E-state index contributed by atoms with van der Waals surface area (Å²) < 4.78 is 1.59. The van der Waals surface area contributed by atoms with Crippen LogP contribution in [0.25, 0.3) is 0 Å². The molecule has 0 amide bonds. The fraction of sp³-hybridized carbons (Fsp3) is 1.00. The highest BCUT2D eigenvalue weighted by Gasteiger charge is 2.41. The summed E-state index contributed by atoms with van der Waals surface area (Å²) in [4.78, 5) is 0. The topological polar surface area (TPSA) is 3.24 Å². The van der Waals surface area contributed by atoms with E-state index in [9.17, 15) is 0 Å². The molecule has 0 N–H and O–H groups in total. The van der Waals surface area contributed by atoms with Crippen LogP contribution in [0, 0.1) is 0 Å². The number of hydrogen-bond donors (Lipinski definition) is 0. The molecule has 0 aliphatic heterocycles. The molecule has 0 aromatic carbocycles. The van der Waals surface area contributed by atoms with Crippen molar-refractivity contribution >= 4 is 69.1 Å². The van der Waals surface area contributed by atoms with Crippen molar-refractivity contribution in [2.45, 2.75) is 19.9 Å². The fourth-order valence-corrected chi connectivity index (χ4v) is 12.2. The third-order valence-corrected chi connectivity index (χ3v) is 9.45. The lowest BCUT2D eigenvalue weighted by Gasteiger charge is -2.30. The van der Waals surface area contributed by atoms with Crippen molar-refractivity contribution in [1.29, 1.82) is 0 Å². The van der Waals surface area contributed by atoms with Crippen molar-refractivity contribution < 1.29 is 0 Å². The zero-order valence-electron chi connectivity index (χ0n) is 5.91. The maximum atomic E-state index is 5.74. The quantitative estimate of drug-likeness (QED) is 0.569. The van der Waals surface area contributed by atoms with Crippen LogP contribution in [-0.2, 0) is 0 Å². The normalized spacial score (nSPS) is 13.6. The molecule has 0 rings (SSSR count). The molecule has 0 saturated carbocycles. The van der Waals surface area contributed by atoms with E-state index in [1.807, 2.05) is 13.8 Å². The minimum atomic E-state index is -2.88. The van der Waals surface area contributed by atoms with E-state index in [2.05, 4.69) is 0 Å². The first-order valence-corrected chi connectivity index (χ1v) is 11.3. The van der Waals surface area contributed by atoms with Gasteiger partial charge in [0.2, 0.25) is 0 Å². The molecule has 8 heteroatoms. The van der Waals surface area contributed by atoms with Gasteiger partial charge in [0, 0.05) is 0 Å². The van der Waals surface area contributed by atoms with Crippen LogP contribution in [0.4, 0.5) is 0 Å². The van der Waals surface area contributed by atoms with E-state index >= 15 is 0 Å². The SMILES string of the molecule is CC(C)N([Si](Cl)Cl)[Si](Cl)(Cl)Cl. The molecule has 0 aromatic heterocycles. The molecule has 11 heavy (non-hydrogen) atoms. The van der Waals surface area contributed by atoms with Gasteiger partial charge in [0.25, 0.3) is 0 Å². The molecule has 0 fully saturated rings. The van der Waals surface area contributed by atoms with Gasteiger partial charge < -0.3 is 0 Å². The summed E-state index contributed by atoms with van der Waals surface area (Å²) in [5.74, 6) is 0. The molecular formula is C3H7Cl5NSi2. The van der Waals surface area contributed by atoms with E-state index < -0.39 is 13.7 Å². The lowest BCUT2D eigenvalue weighted by atomic mass is 10.4. The molecule has 0 aliphatic carbocycles. The number of nitrogens with zero attached hydrogens (tertiary/aromatic N) is 1. The van der Waals surface area contributed by atoms with E-state index in [4.69, 9.17) is 55.4 Å². The van der Waals surface area contributed by atoms with E-state index in [1.54, 1.807) is 4.23 Å². The van der Waals surface area contributed by atoms with Crippen LogP contribution in [0.1, 0.15) is 13.8 Å². The average molecular weight is 291 g/mol. The lowest BCUT2D eigenvalue weighted by molar-refractivity contribution is 0.552. The van der Waals surface area contributed by atoms with Crippen LogP contribution in [0.2, 0.25) is 0 Å². The Bertz CT molecular complexity index is 115. The standard InChI is InChI=1S/C3H7Cl5NSi2/c1-3(2)9(10(4)5)11(6,7)8/h3H,1-2H3. The van der Waals surface area contributed by atoms with Gasteiger partial charge in [-0.3, -0.25) is 4.23 Å². The van der Waals surface area contributed by atoms with Crippen LogP contribution in [0.3, 0.4) is 0 Å². The van der Waals surface area contributed by atoms with Crippen molar-refractivity contribution in [2.75, 3.05) is 0 Å². The first-order valence-electron chi connectivity index (χ1n) is 2.81. The second-order valence-corrected chi connectivity index (χ2v) is 14.4. The first kappa shape index (κ1) is 12.8. The van der Waals surface area contributed by atoms with Crippen LogP contribution in [0.5, 0.6) is 0 Å². The molecule has 0 aromatic rings. The van der Waals surface area contributed by atoms with Gasteiger partial charge in [-0.15, -0.1) is 55.4 Å². The van der Waals surface area contributed by atoms with E-state index in [1.165, 1.54) is 0 Å². The van der Waals surface area contributed by atoms with Gasteiger partial charge >= 0.3 is 13.7 Å². The number of halogens is 5. The van der Waals surface area contributed by atoms with Crippen molar-refractivity contribution in [3.8, 4) is 0 Å². The minimum Gasteiger partial charge on any atom is -0.282 e. The Kier molecular flexibility index (Phi) is 5.73.